The molecule has 0 unspecified atom stereocenters. The summed E-state index contributed by atoms with van der Waals surface area (Å²) < 4.78 is 11.0. The lowest BCUT2D eigenvalue weighted by molar-refractivity contribution is 0.173. The maximum Gasteiger partial charge on any atom is 0.231 e. The molecule has 0 radical (unpaired) electrons. The van der Waals surface area contributed by atoms with Crippen LogP contribution in [0.15, 0.2) is 35.8 Å². The van der Waals surface area contributed by atoms with Gasteiger partial charge in [0.25, 0.3) is 0 Å². The van der Waals surface area contributed by atoms with Crippen molar-refractivity contribution in [3.05, 3.63) is 58.2 Å². The molecule has 0 spiro atoms. The van der Waals surface area contributed by atoms with Crippen molar-refractivity contribution in [2.75, 3.05) is 25.2 Å². The largest absolute Gasteiger partial charge is 0.454 e. The second kappa shape index (κ2) is 8.53. The van der Waals surface area contributed by atoms with Gasteiger partial charge in [0.15, 0.2) is 16.6 Å². The van der Waals surface area contributed by atoms with Crippen molar-refractivity contribution in [3.63, 3.8) is 0 Å². The predicted molar refractivity (Wildman–Crippen MR) is 119 cm³/mol. The molecule has 158 valence electrons. The summed E-state index contributed by atoms with van der Waals surface area (Å²) in [7, 11) is 0. The Hall–Kier alpha value is -3.15. The number of thiazole rings is 1. The van der Waals surface area contributed by atoms with Crippen LogP contribution in [0.2, 0.25) is 0 Å². The highest BCUT2D eigenvalue weighted by Crippen LogP contribution is 2.36. The second-order valence-electron chi connectivity index (χ2n) is 7.93. The molecular weight excluding hydrogens is 410 g/mol. The van der Waals surface area contributed by atoms with Crippen molar-refractivity contribution in [1.29, 1.82) is 5.26 Å². The number of likely N-dealkylation sites (tertiary alicyclic amines) is 1. The van der Waals surface area contributed by atoms with E-state index in [4.69, 9.17) is 19.7 Å². The molecule has 7 nitrogen and oxygen atoms in total. The number of anilines is 2. The molecular formula is C23H23N5O2S. The van der Waals surface area contributed by atoms with Gasteiger partial charge >= 0.3 is 0 Å². The molecule has 1 aromatic carbocycles. The Labute approximate surface area is 185 Å². The van der Waals surface area contributed by atoms with Gasteiger partial charge in [-0.1, -0.05) is 0 Å². The van der Waals surface area contributed by atoms with Crippen LogP contribution in [0.4, 0.5) is 10.9 Å². The number of nitrogens with zero attached hydrogens (tertiary/aromatic N) is 4. The van der Waals surface area contributed by atoms with Crippen LogP contribution in [0.25, 0.3) is 0 Å². The van der Waals surface area contributed by atoms with Gasteiger partial charge in [-0.05, 0) is 68.2 Å². The van der Waals surface area contributed by atoms with Gasteiger partial charge in [-0.25, -0.2) is 9.97 Å². The first-order valence-corrected chi connectivity index (χ1v) is 11.3. The lowest BCUT2D eigenvalue weighted by atomic mass is 9.93. The van der Waals surface area contributed by atoms with Crippen LogP contribution in [0, 0.1) is 18.3 Å². The highest BCUT2D eigenvalue weighted by atomic mass is 32.1. The number of benzene rings is 1. The molecule has 2 aliphatic heterocycles. The molecule has 1 saturated heterocycles. The van der Waals surface area contributed by atoms with Crippen molar-refractivity contribution < 1.29 is 9.47 Å². The second-order valence-corrected chi connectivity index (χ2v) is 8.78. The minimum Gasteiger partial charge on any atom is -0.454 e. The molecule has 1 N–H and O–H groups in total. The fourth-order valence-corrected chi connectivity index (χ4v) is 4.89. The maximum absolute atomic E-state index is 9.04. The van der Waals surface area contributed by atoms with Crippen LogP contribution >= 0.6 is 11.3 Å². The Morgan fingerprint density at radius 2 is 2.03 bits per heavy atom. The summed E-state index contributed by atoms with van der Waals surface area (Å²) in [4.78, 5) is 11.6. The molecule has 2 aromatic heterocycles. The number of rotatable bonds is 5. The van der Waals surface area contributed by atoms with Gasteiger partial charge < -0.3 is 14.8 Å². The van der Waals surface area contributed by atoms with E-state index in [2.05, 4.69) is 45.7 Å². The first-order chi connectivity index (χ1) is 15.2. The summed E-state index contributed by atoms with van der Waals surface area (Å²) in [6.07, 6.45) is 3.82. The third kappa shape index (κ3) is 4.33. The van der Waals surface area contributed by atoms with Crippen LogP contribution in [-0.4, -0.2) is 34.8 Å². The first kappa shape index (κ1) is 19.8. The smallest absolute Gasteiger partial charge is 0.231 e. The minimum absolute atomic E-state index is 0.313. The highest BCUT2D eigenvalue weighted by molar-refractivity contribution is 7.13. The van der Waals surface area contributed by atoms with Crippen LogP contribution < -0.4 is 14.8 Å². The van der Waals surface area contributed by atoms with Gasteiger partial charge in [0.05, 0.1) is 17.3 Å². The topological polar surface area (TPSA) is 83.3 Å². The van der Waals surface area contributed by atoms with E-state index >= 15 is 0 Å². The van der Waals surface area contributed by atoms with E-state index in [1.165, 1.54) is 11.1 Å². The Morgan fingerprint density at radius 1 is 1.23 bits per heavy atom. The van der Waals surface area contributed by atoms with Crippen molar-refractivity contribution in [2.24, 2.45) is 0 Å². The van der Waals surface area contributed by atoms with Gasteiger partial charge in [-0.3, -0.25) is 4.90 Å². The zero-order valence-electron chi connectivity index (χ0n) is 17.3. The number of hydrogen-bond donors (Lipinski definition) is 1. The molecule has 1 fully saturated rings. The Morgan fingerprint density at radius 3 is 2.84 bits per heavy atom. The SMILES string of the molecule is Cc1cc2c(cc1CN1CCC(c3csc(Nc4cc(C#N)ccn4)n3)CC1)OCO2. The summed E-state index contributed by atoms with van der Waals surface area (Å²) in [6.45, 7) is 5.47. The summed E-state index contributed by atoms with van der Waals surface area (Å²) >= 11 is 1.58. The lowest BCUT2D eigenvalue weighted by Crippen LogP contribution is -2.32. The van der Waals surface area contributed by atoms with Crippen molar-refractivity contribution in [2.45, 2.75) is 32.2 Å². The third-order valence-corrected chi connectivity index (χ3v) is 6.65. The maximum atomic E-state index is 9.04. The van der Waals surface area contributed by atoms with E-state index in [0.29, 0.717) is 24.1 Å². The number of hydrogen-bond acceptors (Lipinski definition) is 8. The number of ether oxygens (including phenoxy) is 2. The molecule has 0 bridgehead atoms. The van der Waals surface area contributed by atoms with E-state index < -0.39 is 0 Å². The normalized spacial score (nSPS) is 16.3. The number of pyridine rings is 1. The fraction of sp³-hybridized carbons (Fsp3) is 0.348. The molecule has 0 saturated carbocycles. The standard InChI is InChI=1S/C23H23N5O2S/c1-15-8-20-21(30-14-29-20)10-18(15)12-28-6-3-17(4-7-28)19-13-31-23(26-19)27-22-9-16(11-24)2-5-25-22/h2,5,8-10,13,17H,3-4,6-7,12,14H2,1H3,(H,25,26,27). The molecule has 2 aliphatic rings. The van der Waals surface area contributed by atoms with Gasteiger partial charge in [0.2, 0.25) is 6.79 Å². The van der Waals surface area contributed by atoms with Crippen LogP contribution in [-0.2, 0) is 6.54 Å². The summed E-state index contributed by atoms with van der Waals surface area (Å²) in [5.74, 6) is 2.82. The van der Waals surface area contributed by atoms with E-state index in [1.807, 2.05) is 0 Å². The number of nitriles is 1. The van der Waals surface area contributed by atoms with Crippen molar-refractivity contribution >= 4 is 22.3 Å². The number of nitrogens with one attached hydrogen (secondary N) is 1. The van der Waals surface area contributed by atoms with E-state index in [1.54, 1.807) is 29.7 Å². The van der Waals surface area contributed by atoms with Gasteiger partial charge in [0.1, 0.15) is 5.82 Å². The van der Waals surface area contributed by atoms with Crippen LogP contribution in [0.5, 0.6) is 11.5 Å². The lowest BCUT2D eigenvalue weighted by Gasteiger charge is -2.31. The Balaban J connectivity index is 1.18. The molecule has 8 heteroatoms. The van der Waals surface area contributed by atoms with Crippen molar-refractivity contribution in [1.82, 2.24) is 14.9 Å². The summed E-state index contributed by atoms with van der Waals surface area (Å²) in [5.41, 5.74) is 4.27. The molecule has 5 rings (SSSR count). The average molecular weight is 434 g/mol. The molecule has 0 atom stereocenters. The number of fused-ring (bicyclic) bond motifs is 1. The molecule has 0 amide bonds. The predicted octanol–water partition coefficient (Wildman–Crippen LogP) is 4.57. The van der Waals surface area contributed by atoms with E-state index in [0.717, 1.165) is 54.8 Å². The number of piperidine rings is 1. The Kier molecular flexibility index (Phi) is 5.45. The zero-order valence-corrected chi connectivity index (χ0v) is 18.1. The monoisotopic (exact) mass is 433 g/mol. The number of aryl methyl sites for hydroxylation is 1. The quantitative estimate of drug-likeness (QED) is 0.631. The molecule has 3 aromatic rings. The van der Waals surface area contributed by atoms with Crippen LogP contribution in [0.1, 0.15) is 41.1 Å². The van der Waals surface area contributed by atoms with Gasteiger partial charge in [0, 0.05) is 24.0 Å². The molecule has 0 aliphatic carbocycles. The van der Waals surface area contributed by atoms with Gasteiger partial charge in [-0.15, -0.1) is 11.3 Å². The van der Waals surface area contributed by atoms with Crippen LogP contribution in [0.3, 0.4) is 0 Å². The summed E-state index contributed by atoms with van der Waals surface area (Å²) in [6, 6.07) is 9.76. The summed E-state index contributed by atoms with van der Waals surface area (Å²) in [5, 5.41) is 15.2. The minimum atomic E-state index is 0.313. The fourth-order valence-electron chi connectivity index (χ4n) is 4.09. The Bertz CT molecular complexity index is 1130. The van der Waals surface area contributed by atoms with Gasteiger partial charge in [-0.2, -0.15) is 5.26 Å². The average Bonchev–Trinajstić information content (AvgIpc) is 3.44. The van der Waals surface area contributed by atoms with Crippen molar-refractivity contribution in [3.8, 4) is 17.6 Å². The third-order valence-electron chi connectivity index (χ3n) is 5.88. The number of aromatic nitrogens is 2. The first-order valence-electron chi connectivity index (χ1n) is 10.4. The highest BCUT2D eigenvalue weighted by Gasteiger charge is 2.24. The molecule has 31 heavy (non-hydrogen) atoms. The molecule has 4 heterocycles. The van der Waals surface area contributed by atoms with E-state index in [-0.39, 0.29) is 0 Å². The zero-order chi connectivity index (χ0) is 21.2. The van der Waals surface area contributed by atoms with E-state index in [9.17, 15) is 0 Å².